The molecule has 0 radical (unpaired) electrons. The SMILES string of the molecule is C=C(CC[Si](OCC)(OCC)OCC)OCC1CO1. The van der Waals surface area contributed by atoms with Crippen LogP contribution in [-0.2, 0) is 22.8 Å². The molecule has 1 aliphatic rings. The lowest BCUT2D eigenvalue weighted by molar-refractivity contribution is 0.0696. The van der Waals surface area contributed by atoms with Crippen LogP contribution in [-0.4, -0.2) is 47.9 Å². The van der Waals surface area contributed by atoms with E-state index in [2.05, 4.69) is 6.58 Å². The maximum Gasteiger partial charge on any atom is 0.501 e. The van der Waals surface area contributed by atoms with Crippen molar-refractivity contribution in [2.45, 2.75) is 39.3 Å². The fourth-order valence-electron chi connectivity index (χ4n) is 1.74. The summed E-state index contributed by atoms with van der Waals surface area (Å²) >= 11 is 0. The van der Waals surface area contributed by atoms with Crippen LogP contribution in [0.4, 0.5) is 0 Å². The lowest BCUT2D eigenvalue weighted by Crippen LogP contribution is -2.46. The Morgan fingerprint density at radius 3 is 2.11 bits per heavy atom. The quantitative estimate of drug-likeness (QED) is 0.314. The summed E-state index contributed by atoms with van der Waals surface area (Å²) < 4.78 is 27.9. The van der Waals surface area contributed by atoms with E-state index in [-0.39, 0.29) is 6.10 Å². The van der Waals surface area contributed by atoms with Gasteiger partial charge in [0.2, 0.25) is 0 Å². The van der Waals surface area contributed by atoms with E-state index in [1.54, 1.807) is 0 Å². The van der Waals surface area contributed by atoms with Gasteiger partial charge in [-0.25, -0.2) is 0 Å². The van der Waals surface area contributed by atoms with Crippen molar-refractivity contribution in [3.05, 3.63) is 12.3 Å². The summed E-state index contributed by atoms with van der Waals surface area (Å²) in [4.78, 5) is 0. The molecule has 0 aromatic heterocycles. The summed E-state index contributed by atoms with van der Waals surface area (Å²) in [6, 6.07) is 0.701. The molecule has 19 heavy (non-hydrogen) atoms. The molecule has 0 saturated carbocycles. The van der Waals surface area contributed by atoms with Crippen molar-refractivity contribution in [2.75, 3.05) is 33.0 Å². The Hall–Kier alpha value is -0.403. The minimum absolute atomic E-state index is 0.254. The van der Waals surface area contributed by atoms with Gasteiger partial charge in [-0.2, -0.15) is 0 Å². The van der Waals surface area contributed by atoms with E-state index in [4.69, 9.17) is 22.8 Å². The lowest BCUT2D eigenvalue weighted by atomic mass is 10.4. The van der Waals surface area contributed by atoms with Gasteiger partial charge >= 0.3 is 8.80 Å². The normalized spacial score (nSPS) is 18.4. The highest BCUT2D eigenvalue weighted by atomic mass is 28.4. The molecular formula is C13H26O5Si. The molecule has 0 bridgehead atoms. The molecule has 0 N–H and O–H groups in total. The van der Waals surface area contributed by atoms with Crippen LogP contribution in [0.25, 0.3) is 0 Å². The van der Waals surface area contributed by atoms with Crippen molar-refractivity contribution in [1.29, 1.82) is 0 Å². The van der Waals surface area contributed by atoms with Gasteiger partial charge in [0.1, 0.15) is 12.7 Å². The van der Waals surface area contributed by atoms with Crippen LogP contribution in [0.2, 0.25) is 6.04 Å². The zero-order chi connectivity index (χ0) is 14.1. The number of hydrogen-bond acceptors (Lipinski definition) is 5. The van der Waals surface area contributed by atoms with Crippen LogP contribution in [0.15, 0.2) is 12.3 Å². The average Bonchev–Trinajstić information content (AvgIpc) is 3.19. The molecule has 0 spiro atoms. The number of ether oxygens (including phenoxy) is 2. The molecule has 1 fully saturated rings. The largest absolute Gasteiger partial charge is 0.501 e. The Bertz CT molecular complexity index is 251. The Balaban J connectivity index is 2.37. The van der Waals surface area contributed by atoms with Gasteiger partial charge in [0.15, 0.2) is 0 Å². The highest BCUT2D eigenvalue weighted by molar-refractivity contribution is 6.60. The smallest absolute Gasteiger partial charge is 0.496 e. The van der Waals surface area contributed by atoms with Crippen LogP contribution >= 0.6 is 0 Å². The molecule has 0 amide bonds. The average molecular weight is 290 g/mol. The third kappa shape index (κ3) is 6.53. The first-order chi connectivity index (χ1) is 9.15. The minimum atomic E-state index is -2.57. The number of epoxide rings is 1. The fourth-order valence-corrected chi connectivity index (χ4v) is 4.33. The second kappa shape index (κ2) is 8.71. The molecule has 1 aliphatic heterocycles. The Kier molecular flexibility index (Phi) is 7.63. The van der Waals surface area contributed by atoms with Crippen molar-refractivity contribution >= 4 is 8.80 Å². The van der Waals surface area contributed by atoms with E-state index >= 15 is 0 Å². The molecule has 1 heterocycles. The van der Waals surface area contributed by atoms with E-state index in [0.29, 0.717) is 38.9 Å². The third-order valence-corrected chi connectivity index (χ3v) is 5.73. The van der Waals surface area contributed by atoms with Crippen LogP contribution in [0.3, 0.4) is 0 Å². The van der Waals surface area contributed by atoms with Gasteiger partial charge in [0.05, 0.1) is 12.4 Å². The summed E-state index contributed by atoms with van der Waals surface area (Å²) in [5.74, 6) is 0.742. The van der Waals surface area contributed by atoms with Crippen LogP contribution in [0.1, 0.15) is 27.2 Å². The van der Waals surface area contributed by atoms with E-state index in [9.17, 15) is 0 Å². The van der Waals surface area contributed by atoms with Gasteiger partial charge in [-0.05, 0) is 20.8 Å². The molecule has 0 aromatic rings. The molecule has 0 aromatic carbocycles. The molecule has 1 saturated heterocycles. The molecule has 1 atom stereocenters. The molecule has 6 heteroatoms. The standard InChI is InChI=1S/C13H26O5Si/c1-5-16-19(17-6-2,18-7-3)9-8-12(4)14-10-13-11-15-13/h13H,4-11H2,1-3H3. The van der Waals surface area contributed by atoms with Crippen molar-refractivity contribution < 1.29 is 22.8 Å². The minimum Gasteiger partial charge on any atom is -0.496 e. The van der Waals surface area contributed by atoms with Gasteiger partial charge < -0.3 is 22.8 Å². The fraction of sp³-hybridized carbons (Fsp3) is 0.846. The predicted molar refractivity (Wildman–Crippen MR) is 74.9 cm³/mol. The maximum atomic E-state index is 5.77. The highest BCUT2D eigenvalue weighted by Gasteiger charge is 2.40. The summed E-state index contributed by atoms with van der Waals surface area (Å²) in [6.07, 6.45) is 0.947. The Morgan fingerprint density at radius 2 is 1.68 bits per heavy atom. The monoisotopic (exact) mass is 290 g/mol. The van der Waals surface area contributed by atoms with Crippen molar-refractivity contribution in [2.24, 2.45) is 0 Å². The third-order valence-electron chi connectivity index (χ3n) is 2.68. The predicted octanol–water partition coefficient (Wildman–Crippen LogP) is 2.35. The summed E-state index contributed by atoms with van der Waals surface area (Å²) in [7, 11) is -2.57. The van der Waals surface area contributed by atoms with Gasteiger partial charge in [0, 0.05) is 32.3 Å². The van der Waals surface area contributed by atoms with Crippen molar-refractivity contribution in [1.82, 2.24) is 0 Å². The molecule has 1 rings (SSSR count). The van der Waals surface area contributed by atoms with Crippen LogP contribution in [0.5, 0.6) is 0 Å². The van der Waals surface area contributed by atoms with Crippen molar-refractivity contribution in [3.63, 3.8) is 0 Å². The van der Waals surface area contributed by atoms with Crippen molar-refractivity contribution in [3.8, 4) is 0 Å². The topological polar surface area (TPSA) is 49.5 Å². The molecule has 0 aliphatic carbocycles. The molecule has 1 unspecified atom stereocenters. The number of rotatable bonds is 12. The Morgan fingerprint density at radius 1 is 1.16 bits per heavy atom. The van der Waals surface area contributed by atoms with Gasteiger partial charge in [-0.3, -0.25) is 0 Å². The summed E-state index contributed by atoms with van der Waals surface area (Å²) in [6.45, 7) is 12.9. The first-order valence-corrected chi connectivity index (χ1v) is 8.93. The first kappa shape index (κ1) is 16.7. The first-order valence-electron chi connectivity index (χ1n) is 6.99. The van der Waals surface area contributed by atoms with E-state index in [1.165, 1.54) is 0 Å². The van der Waals surface area contributed by atoms with Crippen LogP contribution < -0.4 is 0 Å². The molecule has 5 nitrogen and oxygen atoms in total. The van der Waals surface area contributed by atoms with E-state index in [1.807, 2.05) is 20.8 Å². The summed E-state index contributed by atoms with van der Waals surface area (Å²) in [5.41, 5.74) is 0. The van der Waals surface area contributed by atoms with E-state index in [0.717, 1.165) is 12.4 Å². The number of allylic oxidation sites excluding steroid dienone is 1. The maximum absolute atomic E-state index is 5.77. The zero-order valence-corrected chi connectivity index (χ0v) is 13.3. The van der Waals surface area contributed by atoms with Gasteiger partial charge in [-0.15, -0.1) is 0 Å². The van der Waals surface area contributed by atoms with E-state index < -0.39 is 8.80 Å². The van der Waals surface area contributed by atoms with Gasteiger partial charge in [0.25, 0.3) is 0 Å². The molecule has 112 valence electrons. The second-order valence-electron chi connectivity index (χ2n) is 4.29. The zero-order valence-electron chi connectivity index (χ0n) is 12.3. The Labute approximate surface area is 117 Å². The number of hydrogen-bond donors (Lipinski definition) is 0. The second-order valence-corrected chi connectivity index (χ2v) is 7.02. The highest BCUT2D eigenvalue weighted by Crippen LogP contribution is 2.22. The van der Waals surface area contributed by atoms with Gasteiger partial charge in [-0.1, -0.05) is 6.58 Å². The molecular weight excluding hydrogens is 264 g/mol. The summed E-state index contributed by atoms with van der Waals surface area (Å²) in [5, 5.41) is 0. The lowest BCUT2D eigenvalue weighted by Gasteiger charge is -2.28. The van der Waals surface area contributed by atoms with Crippen LogP contribution in [0, 0.1) is 0 Å².